The Labute approximate surface area is 196 Å². The zero-order chi connectivity index (χ0) is 23.1. The fourth-order valence-electron chi connectivity index (χ4n) is 4.65. The molecule has 2 unspecified atom stereocenters. The predicted octanol–water partition coefficient (Wildman–Crippen LogP) is 3.34. The lowest BCUT2D eigenvalue weighted by molar-refractivity contribution is 0.0471. The van der Waals surface area contributed by atoms with E-state index >= 15 is 0 Å². The van der Waals surface area contributed by atoms with Gasteiger partial charge in [-0.05, 0) is 29.7 Å². The number of benzene rings is 2. The van der Waals surface area contributed by atoms with Crippen molar-refractivity contribution in [2.75, 3.05) is 25.4 Å². The molecule has 1 amide bonds. The van der Waals surface area contributed by atoms with E-state index in [1.54, 1.807) is 34.6 Å². The number of rotatable bonds is 4. The molecule has 2 atom stereocenters. The highest BCUT2D eigenvalue weighted by Crippen LogP contribution is 2.42. The first-order valence-electron chi connectivity index (χ1n) is 10.8. The van der Waals surface area contributed by atoms with Crippen LogP contribution in [-0.4, -0.2) is 47.0 Å². The highest BCUT2D eigenvalue weighted by molar-refractivity contribution is 7.98. The van der Waals surface area contributed by atoms with Crippen LogP contribution in [0.1, 0.15) is 40.1 Å². The molecule has 0 fully saturated rings. The zero-order valence-electron chi connectivity index (χ0n) is 18.5. The lowest BCUT2D eigenvalue weighted by Crippen LogP contribution is -2.58. The number of carbonyl (C=O) groups is 1. The van der Waals surface area contributed by atoms with Crippen LogP contribution in [0, 0.1) is 0 Å². The molecule has 1 aromatic heterocycles. The van der Waals surface area contributed by atoms with E-state index in [0.717, 1.165) is 16.9 Å². The van der Waals surface area contributed by atoms with Gasteiger partial charge in [-0.2, -0.15) is 0 Å². The highest BCUT2D eigenvalue weighted by Gasteiger charge is 2.39. The molecule has 0 saturated heterocycles. The van der Waals surface area contributed by atoms with Gasteiger partial charge in [0.2, 0.25) is 5.43 Å². The van der Waals surface area contributed by atoms with Gasteiger partial charge in [0.25, 0.3) is 5.91 Å². The van der Waals surface area contributed by atoms with E-state index in [4.69, 9.17) is 4.74 Å². The Hall–Kier alpha value is -3.23. The number of aromatic hydroxyl groups is 1. The Balaban J connectivity index is 1.75. The van der Waals surface area contributed by atoms with E-state index < -0.39 is 17.1 Å². The summed E-state index contributed by atoms with van der Waals surface area (Å²) in [6.45, 7) is 2.51. The molecule has 2 aliphatic heterocycles. The summed E-state index contributed by atoms with van der Waals surface area (Å²) in [6.07, 6.45) is 1.58. The Morgan fingerprint density at radius 1 is 1.09 bits per heavy atom. The normalized spacial score (nSPS) is 18.2. The van der Waals surface area contributed by atoms with Crippen molar-refractivity contribution in [1.29, 1.82) is 0 Å². The summed E-state index contributed by atoms with van der Waals surface area (Å²) >= 11 is 1.79. The molecule has 2 aliphatic rings. The molecule has 0 radical (unpaired) electrons. The smallest absolute Gasteiger partial charge is 0.278 e. The molecular weight excluding hydrogens is 438 g/mol. The van der Waals surface area contributed by atoms with Crippen molar-refractivity contribution < 1.29 is 14.6 Å². The molecule has 2 aromatic carbocycles. The van der Waals surface area contributed by atoms with Crippen LogP contribution in [0.3, 0.4) is 0 Å². The molecule has 3 heterocycles. The van der Waals surface area contributed by atoms with Crippen LogP contribution in [0.15, 0.2) is 70.5 Å². The van der Waals surface area contributed by atoms with Crippen molar-refractivity contribution in [1.82, 2.24) is 9.58 Å². The van der Waals surface area contributed by atoms with Crippen LogP contribution in [0.25, 0.3) is 0 Å². The lowest BCUT2D eigenvalue weighted by Gasteiger charge is -2.45. The summed E-state index contributed by atoms with van der Waals surface area (Å²) in [7, 11) is 1.59. The standard InChI is InChI=1S/C25H25N3O4S/c1-16(13-32-2)26-15-28(27-12-11-20(29)24(30)23(27)25(26)31)22-18-8-4-3-7-17(18)14-33-21-10-6-5-9-19(21)22/h3-12,16,22,30H,13-15H2,1-2H3. The number of hydrogen-bond acceptors (Lipinski definition) is 6. The Morgan fingerprint density at radius 3 is 2.61 bits per heavy atom. The first kappa shape index (κ1) is 21.6. The van der Waals surface area contributed by atoms with Gasteiger partial charge in [-0.25, -0.2) is 0 Å². The number of amides is 1. The van der Waals surface area contributed by atoms with Gasteiger partial charge in [-0.15, -0.1) is 11.8 Å². The summed E-state index contributed by atoms with van der Waals surface area (Å²) in [5.41, 5.74) is 2.86. The predicted molar refractivity (Wildman–Crippen MR) is 127 cm³/mol. The number of nitrogens with zero attached hydrogens (tertiary/aromatic N) is 3. The summed E-state index contributed by atoms with van der Waals surface area (Å²) in [5, 5.41) is 12.7. The number of thioether (sulfide) groups is 1. The van der Waals surface area contributed by atoms with Crippen molar-refractivity contribution in [3.8, 4) is 5.75 Å². The largest absolute Gasteiger partial charge is 0.502 e. The van der Waals surface area contributed by atoms with Gasteiger partial charge < -0.3 is 14.7 Å². The second-order valence-electron chi connectivity index (χ2n) is 8.31. The van der Waals surface area contributed by atoms with Crippen molar-refractivity contribution in [2.45, 2.75) is 29.7 Å². The maximum absolute atomic E-state index is 13.4. The maximum Gasteiger partial charge on any atom is 0.278 e. The minimum Gasteiger partial charge on any atom is -0.502 e. The molecule has 33 heavy (non-hydrogen) atoms. The Kier molecular flexibility index (Phi) is 5.64. The van der Waals surface area contributed by atoms with Crippen LogP contribution in [0.2, 0.25) is 0 Å². The Morgan fingerprint density at radius 2 is 1.82 bits per heavy atom. The third-order valence-corrected chi connectivity index (χ3v) is 7.41. The topological polar surface area (TPSA) is 75.0 Å². The second kappa shape index (κ2) is 8.61. The minimum absolute atomic E-state index is 0.0245. The van der Waals surface area contributed by atoms with Crippen LogP contribution in [-0.2, 0) is 10.5 Å². The van der Waals surface area contributed by atoms with Crippen LogP contribution in [0.5, 0.6) is 5.75 Å². The van der Waals surface area contributed by atoms with Gasteiger partial charge in [0.1, 0.15) is 6.67 Å². The van der Waals surface area contributed by atoms with Crippen LogP contribution >= 0.6 is 11.8 Å². The molecule has 0 aliphatic carbocycles. The first-order valence-corrected chi connectivity index (χ1v) is 11.8. The van der Waals surface area contributed by atoms with Crippen molar-refractivity contribution in [3.63, 3.8) is 0 Å². The van der Waals surface area contributed by atoms with E-state index in [9.17, 15) is 14.7 Å². The molecule has 0 bridgehead atoms. The monoisotopic (exact) mass is 463 g/mol. The van der Waals surface area contributed by atoms with Crippen molar-refractivity contribution >= 4 is 17.7 Å². The van der Waals surface area contributed by atoms with Crippen LogP contribution in [0.4, 0.5) is 0 Å². The maximum atomic E-state index is 13.4. The quantitative estimate of drug-likeness (QED) is 0.640. The third-order valence-electron chi connectivity index (χ3n) is 6.28. The molecule has 7 nitrogen and oxygen atoms in total. The molecule has 8 heteroatoms. The molecule has 5 rings (SSSR count). The van der Waals surface area contributed by atoms with Crippen LogP contribution < -0.4 is 10.4 Å². The van der Waals surface area contributed by atoms with E-state index in [0.29, 0.717) is 6.61 Å². The van der Waals surface area contributed by atoms with Crippen molar-refractivity contribution in [3.05, 3.63) is 93.4 Å². The highest BCUT2D eigenvalue weighted by atomic mass is 32.2. The molecule has 170 valence electrons. The average Bonchev–Trinajstić information content (AvgIpc) is 2.99. The van der Waals surface area contributed by atoms with E-state index in [-0.39, 0.29) is 24.4 Å². The minimum atomic E-state index is -0.576. The second-order valence-corrected chi connectivity index (χ2v) is 9.33. The molecule has 0 spiro atoms. The average molecular weight is 464 g/mol. The summed E-state index contributed by atoms with van der Waals surface area (Å²) in [5.74, 6) is -0.0929. The fraction of sp³-hybridized carbons (Fsp3) is 0.280. The summed E-state index contributed by atoms with van der Waals surface area (Å²) in [4.78, 5) is 28.5. The summed E-state index contributed by atoms with van der Waals surface area (Å²) < 4.78 is 6.96. The fourth-order valence-corrected chi connectivity index (χ4v) is 5.74. The number of fused-ring (bicyclic) bond motifs is 3. The van der Waals surface area contributed by atoms with Gasteiger partial charge in [0.05, 0.1) is 18.7 Å². The molecule has 1 N–H and O–H groups in total. The van der Waals surface area contributed by atoms with Gasteiger partial charge in [-0.3, -0.25) is 19.3 Å². The molecule has 3 aromatic rings. The number of methoxy groups -OCH3 is 1. The van der Waals surface area contributed by atoms with Gasteiger partial charge >= 0.3 is 0 Å². The SMILES string of the molecule is COCC(C)N1CN(C2c3ccccc3CSc3ccccc32)n2ccc(=O)c(O)c2C1=O. The van der Waals surface area contributed by atoms with Crippen molar-refractivity contribution in [2.24, 2.45) is 0 Å². The number of hydrogen-bond donors (Lipinski definition) is 1. The number of aromatic nitrogens is 1. The number of pyridine rings is 1. The van der Waals surface area contributed by atoms with Gasteiger partial charge in [0.15, 0.2) is 11.4 Å². The van der Waals surface area contributed by atoms with Gasteiger partial charge in [-0.1, -0.05) is 42.5 Å². The molecular formula is C25H25N3O4S. The third kappa shape index (κ3) is 3.59. The van der Waals surface area contributed by atoms with Gasteiger partial charge in [0, 0.05) is 30.0 Å². The molecule has 0 saturated carbocycles. The summed E-state index contributed by atoms with van der Waals surface area (Å²) in [6, 6.07) is 17.4. The van der Waals surface area contributed by atoms with E-state index in [2.05, 4.69) is 24.3 Å². The lowest BCUT2D eigenvalue weighted by atomic mass is 9.94. The number of ether oxygens (including phenoxy) is 1. The Bertz CT molecular complexity index is 1230. The van der Waals surface area contributed by atoms with E-state index in [1.807, 2.05) is 36.2 Å². The number of carbonyl (C=O) groups excluding carboxylic acids is 1. The zero-order valence-corrected chi connectivity index (χ0v) is 19.3. The first-order chi connectivity index (χ1) is 16.0. The van der Waals surface area contributed by atoms with E-state index in [1.165, 1.54) is 16.5 Å².